The van der Waals surface area contributed by atoms with Crippen LogP contribution in [0.5, 0.6) is 0 Å². The van der Waals surface area contributed by atoms with Gasteiger partial charge in [-0.3, -0.25) is 0 Å². The fourth-order valence-electron chi connectivity index (χ4n) is 2.05. The van der Waals surface area contributed by atoms with Gasteiger partial charge in [0, 0.05) is 30.9 Å². The van der Waals surface area contributed by atoms with Crippen LogP contribution in [0.15, 0.2) is 18.3 Å². The zero-order valence-electron chi connectivity index (χ0n) is 10.0. The van der Waals surface area contributed by atoms with E-state index in [1.54, 1.807) is 6.20 Å². The Morgan fingerprint density at radius 1 is 1.71 bits per heavy atom. The van der Waals surface area contributed by atoms with Gasteiger partial charge >= 0.3 is 0 Å². The van der Waals surface area contributed by atoms with Crippen LogP contribution in [0, 0.1) is 0 Å². The van der Waals surface area contributed by atoms with Gasteiger partial charge in [-0.2, -0.15) is 0 Å². The third-order valence-electron chi connectivity index (χ3n) is 2.95. The van der Waals surface area contributed by atoms with E-state index >= 15 is 0 Å². The normalized spacial score (nSPS) is 22.5. The molecule has 0 aliphatic carbocycles. The summed E-state index contributed by atoms with van der Waals surface area (Å²) in [5.41, 5.74) is 6.97. The molecule has 0 bridgehead atoms. The number of nitrogens with zero attached hydrogens (tertiary/aromatic N) is 2. The lowest BCUT2D eigenvalue weighted by Crippen LogP contribution is -2.45. The first-order chi connectivity index (χ1) is 8.22. The van der Waals surface area contributed by atoms with E-state index in [2.05, 4.69) is 9.88 Å². The van der Waals surface area contributed by atoms with Gasteiger partial charge in [0.05, 0.1) is 19.3 Å². The van der Waals surface area contributed by atoms with E-state index in [-0.39, 0.29) is 18.8 Å². The summed E-state index contributed by atoms with van der Waals surface area (Å²) in [5.74, 6) is 0.907. The number of hydrogen-bond donors (Lipinski definition) is 2. The summed E-state index contributed by atoms with van der Waals surface area (Å²) >= 11 is 0. The fourth-order valence-corrected chi connectivity index (χ4v) is 2.05. The van der Waals surface area contributed by atoms with Crippen LogP contribution in [0.25, 0.3) is 0 Å². The highest BCUT2D eigenvalue weighted by molar-refractivity contribution is 5.48. The van der Waals surface area contributed by atoms with E-state index in [1.165, 1.54) is 0 Å². The minimum Gasteiger partial charge on any atom is -0.394 e. The van der Waals surface area contributed by atoms with Crippen molar-refractivity contribution in [2.45, 2.75) is 19.1 Å². The molecule has 0 aromatic carbocycles. The number of pyridine rings is 1. The Balaban J connectivity index is 2.21. The summed E-state index contributed by atoms with van der Waals surface area (Å²) in [6.07, 6.45) is 1.64. The number of aliphatic hydroxyl groups is 1. The number of nitrogens with two attached hydrogens (primary N) is 1. The van der Waals surface area contributed by atoms with Gasteiger partial charge in [-0.1, -0.05) is 6.07 Å². The van der Waals surface area contributed by atoms with Crippen molar-refractivity contribution in [3.63, 3.8) is 0 Å². The van der Waals surface area contributed by atoms with E-state index < -0.39 is 0 Å². The van der Waals surface area contributed by atoms with Crippen LogP contribution in [-0.4, -0.2) is 42.5 Å². The maximum atomic E-state index is 9.14. The van der Waals surface area contributed by atoms with Crippen LogP contribution < -0.4 is 10.6 Å². The van der Waals surface area contributed by atoms with Crippen molar-refractivity contribution in [1.29, 1.82) is 0 Å². The van der Waals surface area contributed by atoms with Gasteiger partial charge in [-0.25, -0.2) is 4.98 Å². The molecule has 2 atom stereocenters. The highest BCUT2D eigenvalue weighted by Crippen LogP contribution is 2.23. The standard InChI is InChI=1S/C12H19N3O2/c1-9(13)11-3-2-4-14-12(11)15-5-6-17-10(7-15)8-16/h2-4,9-10,16H,5-8,13H2,1H3/t9-,10?/m0/s1. The topological polar surface area (TPSA) is 71.6 Å². The van der Waals surface area contributed by atoms with Gasteiger partial charge in [0.1, 0.15) is 5.82 Å². The van der Waals surface area contributed by atoms with Crippen molar-refractivity contribution in [3.8, 4) is 0 Å². The number of aliphatic hydroxyl groups excluding tert-OH is 1. The Labute approximate surface area is 101 Å². The molecule has 94 valence electrons. The minimum atomic E-state index is -0.133. The van der Waals surface area contributed by atoms with Crippen molar-refractivity contribution in [2.75, 3.05) is 31.2 Å². The molecule has 5 heteroatoms. The molecule has 1 fully saturated rings. The number of hydrogen-bond acceptors (Lipinski definition) is 5. The predicted octanol–water partition coefficient (Wildman–Crippen LogP) is 0.299. The molecule has 0 amide bonds. The third kappa shape index (κ3) is 2.74. The van der Waals surface area contributed by atoms with Gasteiger partial charge in [0.15, 0.2) is 0 Å². The van der Waals surface area contributed by atoms with E-state index in [1.807, 2.05) is 19.1 Å². The number of anilines is 1. The average Bonchev–Trinajstić information content (AvgIpc) is 2.39. The van der Waals surface area contributed by atoms with Crippen LogP contribution in [-0.2, 0) is 4.74 Å². The van der Waals surface area contributed by atoms with Crippen molar-refractivity contribution in [1.82, 2.24) is 4.98 Å². The molecule has 3 N–H and O–H groups in total. The largest absolute Gasteiger partial charge is 0.394 e. The second-order valence-corrected chi connectivity index (χ2v) is 4.33. The Bertz CT molecular complexity index is 371. The number of ether oxygens (including phenoxy) is 1. The highest BCUT2D eigenvalue weighted by Gasteiger charge is 2.23. The van der Waals surface area contributed by atoms with Gasteiger partial charge in [0.2, 0.25) is 0 Å². The molecule has 17 heavy (non-hydrogen) atoms. The van der Waals surface area contributed by atoms with Gasteiger partial charge in [-0.05, 0) is 13.0 Å². The van der Waals surface area contributed by atoms with Crippen LogP contribution in [0.3, 0.4) is 0 Å². The molecule has 5 nitrogen and oxygen atoms in total. The summed E-state index contributed by atoms with van der Waals surface area (Å²) in [6.45, 7) is 4.04. The lowest BCUT2D eigenvalue weighted by Gasteiger charge is -2.34. The summed E-state index contributed by atoms with van der Waals surface area (Å²) in [4.78, 5) is 6.53. The quantitative estimate of drug-likeness (QED) is 0.791. The van der Waals surface area contributed by atoms with E-state index in [4.69, 9.17) is 15.6 Å². The summed E-state index contributed by atoms with van der Waals surface area (Å²) in [7, 11) is 0. The van der Waals surface area contributed by atoms with Crippen molar-refractivity contribution < 1.29 is 9.84 Å². The number of rotatable bonds is 3. The molecule has 1 unspecified atom stereocenters. The molecular weight excluding hydrogens is 218 g/mol. The monoisotopic (exact) mass is 237 g/mol. The van der Waals surface area contributed by atoms with Gasteiger partial charge in [0.25, 0.3) is 0 Å². The highest BCUT2D eigenvalue weighted by atomic mass is 16.5. The molecule has 0 saturated carbocycles. The fraction of sp³-hybridized carbons (Fsp3) is 0.583. The first kappa shape index (κ1) is 12.3. The average molecular weight is 237 g/mol. The predicted molar refractivity (Wildman–Crippen MR) is 65.9 cm³/mol. The Morgan fingerprint density at radius 3 is 3.24 bits per heavy atom. The summed E-state index contributed by atoms with van der Waals surface area (Å²) in [6, 6.07) is 3.84. The molecule has 1 saturated heterocycles. The van der Waals surface area contributed by atoms with E-state index in [0.717, 1.165) is 17.9 Å². The molecular formula is C12H19N3O2. The lowest BCUT2D eigenvalue weighted by atomic mass is 10.1. The van der Waals surface area contributed by atoms with Gasteiger partial charge in [-0.15, -0.1) is 0 Å². The van der Waals surface area contributed by atoms with Crippen LogP contribution >= 0.6 is 0 Å². The molecule has 1 aromatic rings. The maximum absolute atomic E-state index is 9.14. The van der Waals surface area contributed by atoms with Crippen molar-refractivity contribution >= 4 is 5.82 Å². The molecule has 0 spiro atoms. The maximum Gasteiger partial charge on any atom is 0.133 e. The first-order valence-electron chi connectivity index (χ1n) is 5.90. The van der Waals surface area contributed by atoms with Gasteiger partial charge < -0.3 is 20.5 Å². The Kier molecular flexibility index (Phi) is 3.93. The molecule has 1 aliphatic rings. The van der Waals surface area contributed by atoms with Crippen LogP contribution in [0.4, 0.5) is 5.82 Å². The Morgan fingerprint density at radius 2 is 2.53 bits per heavy atom. The van der Waals surface area contributed by atoms with E-state index in [0.29, 0.717) is 13.2 Å². The van der Waals surface area contributed by atoms with Crippen molar-refractivity contribution in [2.24, 2.45) is 5.73 Å². The van der Waals surface area contributed by atoms with E-state index in [9.17, 15) is 0 Å². The molecule has 2 rings (SSSR count). The van der Waals surface area contributed by atoms with Crippen LogP contribution in [0.2, 0.25) is 0 Å². The number of aromatic nitrogens is 1. The summed E-state index contributed by atoms with van der Waals surface area (Å²) < 4.78 is 5.43. The molecule has 0 radical (unpaired) electrons. The lowest BCUT2D eigenvalue weighted by molar-refractivity contribution is 0.00330. The second-order valence-electron chi connectivity index (χ2n) is 4.33. The molecule has 1 aromatic heterocycles. The van der Waals surface area contributed by atoms with Crippen molar-refractivity contribution in [3.05, 3.63) is 23.9 Å². The first-order valence-corrected chi connectivity index (χ1v) is 5.90. The minimum absolute atomic E-state index is 0.0385. The molecule has 2 heterocycles. The van der Waals surface area contributed by atoms with Crippen LogP contribution in [0.1, 0.15) is 18.5 Å². The molecule has 1 aliphatic heterocycles. The zero-order valence-corrected chi connectivity index (χ0v) is 10.0. The Hall–Kier alpha value is -1.17. The SMILES string of the molecule is C[C@H](N)c1cccnc1N1CCOC(CO)C1. The third-order valence-corrected chi connectivity index (χ3v) is 2.95. The summed E-state index contributed by atoms with van der Waals surface area (Å²) in [5, 5.41) is 9.14. The zero-order chi connectivity index (χ0) is 12.3. The number of morpholine rings is 1. The smallest absolute Gasteiger partial charge is 0.133 e. The second kappa shape index (κ2) is 5.44.